The summed E-state index contributed by atoms with van der Waals surface area (Å²) in [5.41, 5.74) is 6.88. The Morgan fingerprint density at radius 3 is 2.59 bits per heavy atom. The minimum atomic E-state index is -0.411. The number of carbonyl (C=O) groups excluding carboxylic acids is 3. The maximum Gasteiger partial charge on any atom is 0.338 e. The molecule has 1 aromatic carbocycles. The van der Waals surface area contributed by atoms with Crippen LogP contribution < -0.4 is 21.1 Å². The number of hydrogen-bond acceptors (Lipinski definition) is 9. The van der Waals surface area contributed by atoms with Gasteiger partial charge in [-0.15, -0.1) is 0 Å². The second-order valence-corrected chi connectivity index (χ2v) is 8.90. The average molecular weight is 534 g/mol. The predicted octanol–water partition coefficient (Wildman–Crippen LogP) is 2.35. The third-order valence-electron chi connectivity index (χ3n) is 5.95. The molecule has 12 heteroatoms. The highest BCUT2D eigenvalue weighted by Gasteiger charge is 2.30. The van der Waals surface area contributed by atoms with E-state index in [4.69, 9.17) is 31.5 Å². The molecule has 0 radical (unpaired) electrons. The number of nitrogen functional groups attached to an aromatic ring is 1. The molecule has 200 valence electrons. The molecule has 3 rings (SSSR count). The van der Waals surface area contributed by atoms with Gasteiger partial charge in [-0.05, 0) is 56.6 Å². The Hall–Kier alpha value is -3.41. The number of amides is 2. The number of aromatic nitrogens is 1. The summed E-state index contributed by atoms with van der Waals surface area (Å²) < 4.78 is 15.8. The number of pyridine rings is 1. The van der Waals surface area contributed by atoms with Crippen LogP contribution in [0, 0.1) is 0 Å². The van der Waals surface area contributed by atoms with Crippen LogP contribution >= 0.6 is 11.6 Å². The number of anilines is 2. The van der Waals surface area contributed by atoms with Crippen LogP contribution in [-0.2, 0) is 14.3 Å². The third-order valence-corrected chi connectivity index (χ3v) is 6.25. The van der Waals surface area contributed by atoms with Crippen LogP contribution in [0.3, 0.4) is 0 Å². The van der Waals surface area contributed by atoms with E-state index in [9.17, 15) is 14.4 Å². The number of halogens is 1. The summed E-state index contributed by atoms with van der Waals surface area (Å²) in [6.45, 7) is 3.27. The molecule has 1 aliphatic rings. The number of hydrogen-bond donors (Lipinski definition) is 3. The standard InChI is InChI=1S/C25H32ClN5O6/c1-4-37-25(34)15-7-9-16(10-8-15)28-21(32)14-31-11-5-6-19(20(13-31)35-2)29-23(33)17-12-18(26)22(27)30-24(17)36-3/h7-10,12,19-20H,4-6,11,13-14H2,1-3H3,(H2,27,30)(H,28,32)(H,29,33). The lowest BCUT2D eigenvalue weighted by molar-refractivity contribution is -0.117. The quantitative estimate of drug-likeness (QED) is 0.413. The van der Waals surface area contributed by atoms with Crippen molar-refractivity contribution in [2.24, 2.45) is 0 Å². The van der Waals surface area contributed by atoms with E-state index in [2.05, 4.69) is 15.6 Å². The van der Waals surface area contributed by atoms with Gasteiger partial charge < -0.3 is 30.6 Å². The van der Waals surface area contributed by atoms with Crippen LogP contribution in [0.1, 0.15) is 40.5 Å². The number of benzene rings is 1. The number of nitrogens with zero attached hydrogens (tertiary/aromatic N) is 2. The van der Waals surface area contributed by atoms with E-state index < -0.39 is 11.9 Å². The number of rotatable bonds is 9. The highest BCUT2D eigenvalue weighted by atomic mass is 35.5. The summed E-state index contributed by atoms with van der Waals surface area (Å²) in [4.78, 5) is 43.5. The number of esters is 1. The number of carbonyl (C=O) groups is 3. The van der Waals surface area contributed by atoms with Gasteiger partial charge in [0.2, 0.25) is 11.8 Å². The molecule has 0 spiro atoms. The van der Waals surface area contributed by atoms with Gasteiger partial charge in [0.25, 0.3) is 5.91 Å². The van der Waals surface area contributed by atoms with E-state index in [-0.39, 0.29) is 46.9 Å². The van der Waals surface area contributed by atoms with E-state index in [1.165, 1.54) is 13.2 Å². The van der Waals surface area contributed by atoms with Crippen molar-refractivity contribution in [3.05, 3.63) is 46.5 Å². The summed E-state index contributed by atoms with van der Waals surface area (Å²) in [7, 11) is 2.97. The first kappa shape index (κ1) is 28.2. The lowest BCUT2D eigenvalue weighted by atomic mass is 10.1. The molecule has 11 nitrogen and oxygen atoms in total. The number of nitrogens with two attached hydrogens (primary N) is 1. The average Bonchev–Trinajstić information content (AvgIpc) is 3.07. The Morgan fingerprint density at radius 2 is 1.95 bits per heavy atom. The summed E-state index contributed by atoms with van der Waals surface area (Å²) in [5.74, 6) is -0.866. The molecule has 1 saturated heterocycles. The minimum Gasteiger partial charge on any atom is -0.480 e. The fourth-order valence-electron chi connectivity index (χ4n) is 4.10. The van der Waals surface area contributed by atoms with Crippen LogP contribution in [0.25, 0.3) is 0 Å². The van der Waals surface area contributed by atoms with Crippen molar-refractivity contribution in [2.75, 3.05) is 51.5 Å². The summed E-state index contributed by atoms with van der Waals surface area (Å²) in [6.07, 6.45) is 1.03. The van der Waals surface area contributed by atoms with Crippen molar-refractivity contribution in [2.45, 2.75) is 31.9 Å². The fourth-order valence-corrected chi connectivity index (χ4v) is 4.25. The van der Waals surface area contributed by atoms with Crippen LogP contribution in [0.15, 0.2) is 30.3 Å². The molecule has 2 atom stereocenters. The molecule has 1 aromatic heterocycles. The Balaban J connectivity index is 1.59. The fraction of sp³-hybridized carbons (Fsp3) is 0.440. The largest absolute Gasteiger partial charge is 0.480 e. The van der Waals surface area contributed by atoms with Gasteiger partial charge in [-0.3, -0.25) is 14.5 Å². The van der Waals surface area contributed by atoms with Crippen molar-refractivity contribution in [1.29, 1.82) is 0 Å². The van der Waals surface area contributed by atoms with Gasteiger partial charge in [0.1, 0.15) is 11.4 Å². The van der Waals surface area contributed by atoms with E-state index in [1.807, 2.05) is 4.90 Å². The summed E-state index contributed by atoms with van der Waals surface area (Å²) >= 11 is 6.06. The highest BCUT2D eigenvalue weighted by Crippen LogP contribution is 2.25. The molecule has 0 bridgehead atoms. The molecule has 1 aliphatic heterocycles. The van der Waals surface area contributed by atoms with Crippen molar-refractivity contribution >= 4 is 40.9 Å². The van der Waals surface area contributed by atoms with Gasteiger partial charge >= 0.3 is 5.97 Å². The van der Waals surface area contributed by atoms with Gasteiger partial charge in [-0.1, -0.05) is 11.6 Å². The molecule has 0 aliphatic carbocycles. The third kappa shape index (κ3) is 7.54. The normalized spacial score (nSPS) is 17.9. The summed E-state index contributed by atoms with van der Waals surface area (Å²) in [6, 6.07) is 7.64. The Kier molecular flexibility index (Phi) is 10.1. The van der Waals surface area contributed by atoms with Crippen LogP contribution in [0.4, 0.5) is 11.5 Å². The Morgan fingerprint density at radius 1 is 1.22 bits per heavy atom. The zero-order valence-corrected chi connectivity index (χ0v) is 21.8. The van der Waals surface area contributed by atoms with E-state index in [0.29, 0.717) is 37.4 Å². The van der Waals surface area contributed by atoms with Gasteiger partial charge in [0, 0.05) is 19.3 Å². The first-order valence-corrected chi connectivity index (χ1v) is 12.3. The van der Waals surface area contributed by atoms with Crippen LogP contribution in [-0.4, -0.2) is 80.3 Å². The maximum absolute atomic E-state index is 13.0. The van der Waals surface area contributed by atoms with Crippen LogP contribution in [0.5, 0.6) is 5.88 Å². The second-order valence-electron chi connectivity index (χ2n) is 8.49. The molecule has 0 saturated carbocycles. The van der Waals surface area contributed by atoms with Crippen molar-refractivity contribution in [1.82, 2.24) is 15.2 Å². The number of ether oxygens (including phenoxy) is 3. The van der Waals surface area contributed by atoms with Gasteiger partial charge in [0.15, 0.2) is 0 Å². The maximum atomic E-state index is 13.0. The van der Waals surface area contributed by atoms with Gasteiger partial charge in [-0.2, -0.15) is 4.98 Å². The van der Waals surface area contributed by atoms with Crippen LogP contribution in [0.2, 0.25) is 5.02 Å². The first-order valence-electron chi connectivity index (χ1n) is 11.9. The molecule has 4 N–H and O–H groups in total. The van der Waals surface area contributed by atoms with E-state index >= 15 is 0 Å². The second kappa shape index (κ2) is 13.2. The Bertz CT molecular complexity index is 1110. The zero-order chi connectivity index (χ0) is 26.9. The lowest BCUT2D eigenvalue weighted by Crippen LogP contribution is -2.48. The molecule has 2 aromatic rings. The Labute approximate surface area is 220 Å². The first-order chi connectivity index (χ1) is 17.7. The minimum absolute atomic E-state index is 0.0724. The van der Waals surface area contributed by atoms with E-state index in [1.54, 1.807) is 38.3 Å². The zero-order valence-electron chi connectivity index (χ0n) is 21.1. The SMILES string of the molecule is CCOC(=O)c1ccc(NC(=O)CN2CCCC(NC(=O)c3cc(Cl)c(N)nc3OC)C(OC)C2)cc1. The van der Waals surface area contributed by atoms with Crippen molar-refractivity contribution < 1.29 is 28.6 Å². The lowest BCUT2D eigenvalue weighted by Gasteiger charge is -2.28. The predicted molar refractivity (Wildman–Crippen MR) is 139 cm³/mol. The van der Waals surface area contributed by atoms with Crippen molar-refractivity contribution in [3.8, 4) is 5.88 Å². The smallest absolute Gasteiger partial charge is 0.338 e. The monoisotopic (exact) mass is 533 g/mol. The summed E-state index contributed by atoms with van der Waals surface area (Å²) in [5, 5.41) is 5.98. The number of methoxy groups -OCH3 is 2. The highest BCUT2D eigenvalue weighted by molar-refractivity contribution is 6.33. The molecular weight excluding hydrogens is 502 g/mol. The number of nitrogens with one attached hydrogen (secondary N) is 2. The molecule has 2 unspecified atom stereocenters. The molecule has 37 heavy (non-hydrogen) atoms. The van der Waals surface area contributed by atoms with Gasteiger partial charge in [0.05, 0.1) is 43.0 Å². The van der Waals surface area contributed by atoms with Crippen molar-refractivity contribution in [3.63, 3.8) is 0 Å². The molecular formula is C25H32ClN5O6. The molecule has 1 fully saturated rings. The molecule has 2 amide bonds. The topological polar surface area (TPSA) is 145 Å². The molecule has 2 heterocycles. The van der Waals surface area contributed by atoms with Gasteiger partial charge in [-0.25, -0.2) is 4.79 Å². The number of likely N-dealkylation sites (tertiary alicyclic amines) is 1. The van der Waals surface area contributed by atoms with E-state index in [0.717, 1.165) is 6.42 Å².